The van der Waals surface area contributed by atoms with Crippen LogP contribution in [0.3, 0.4) is 0 Å². The standard InChI is InChI=1S/C27H31F3N2O5S/c1-2-37-26(34)24-16-22(38(35,36)21-5-3-19(4-6-21)27(28,29)30)17-25(33)23(24)15-18-9-13-32(14-10-18)20-7-11-31-12-8-20/h3-8,11-12,18,22-24H,2,9-10,13-17H2,1H3/t22?,23?,24-/m0/s1. The maximum absolute atomic E-state index is 13.3. The van der Waals surface area contributed by atoms with E-state index in [4.69, 9.17) is 4.74 Å². The predicted molar refractivity (Wildman–Crippen MR) is 134 cm³/mol. The fourth-order valence-corrected chi connectivity index (χ4v) is 7.28. The molecule has 206 valence electrons. The molecule has 11 heteroatoms. The molecule has 0 spiro atoms. The lowest BCUT2D eigenvalue weighted by Gasteiger charge is -2.38. The lowest BCUT2D eigenvalue weighted by atomic mass is 9.72. The second-order valence-corrected chi connectivity index (χ2v) is 12.2. The van der Waals surface area contributed by atoms with Gasteiger partial charge in [0.2, 0.25) is 0 Å². The third-order valence-corrected chi connectivity index (χ3v) is 9.78. The molecule has 1 aliphatic heterocycles. The number of alkyl halides is 3. The minimum Gasteiger partial charge on any atom is -0.466 e. The number of nitrogens with zero attached hydrogens (tertiary/aromatic N) is 2. The Balaban J connectivity index is 1.48. The lowest BCUT2D eigenvalue weighted by Crippen LogP contribution is -2.44. The normalized spacial score (nSPS) is 23.3. The topological polar surface area (TPSA) is 93.6 Å². The summed E-state index contributed by atoms with van der Waals surface area (Å²) in [7, 11) is -4.14. The van der Waals surface area contributed by atoms with E-state index in [0.717, 1.165) is 43.8 Å². The van der Waals surface area contributed by atoms with Crippen LogP contribution < -0.4 is 4.90 Å². The highest BCUT2D eigenvalue weighted by atomic mass is 32.2. The van der Waals surface area contributed by atoms with Crippen LogP contribution in [-0.2, 0) is 30.3 Å². The van der Waals surface area contributed by atoms with Crippen molar-refractivity contribution in [2.75, 3.05) is 24.6 Å². The molecule has 0 bridgehead atoms. The van der Waals surface area contributed by atoms with Crippen molar-refractivity contribution in [1.29, 1.82) is 0 Å². The number of halogens is 3. The Kier molecular flexibility index (Phi) is 8.44. The van der Waals surface area contributed by atoms with Crippen LogP contribution in [0.4, 0.5) is 18.9 Å². The fourth-order valence-electron chi connectivity index (χ4n) is 5.54. The van der Waals surface area contributed by atoms with Gasteiger partial charge in [-0.2, -0.15) is 13.2 Å². The van der Waals surface area contributed by atoms with E-state index in [-0.39, 0.29) is 36.0 Å². The molecule has 3 atom stereocenters. The molecular weight excluding hydrogens is 521 g/mol. The molecule has 2 unspecified atom stereocenters. The Hall–Kier alpha value is -2.95. The molecule has 1 aliphatic carbocycles. The van der Waals surface area contributed by atoms with Gasteiger partial charge in [-0.15, -0.1) is 0 Å². The Bertz CT molecular complexity index is 1230. The molecule has 0 N–H and O–H groups in total. The number of pyridine rings is 1. The smallest absolute Gasteiger partial charge is 0.416 e. The minimum atomic E-state index is -4.60. The van der Waals surface area contributed by atoms with Gasteiger partial charge in [-0.25, -0.2) is 8.42 Å². The summed E-state index contributed by atoms with van der Waals surface area (Å²) in [6.07, 6.45) is 0.625. The molecule has 0 amide bonds. The zero-order valence-corrected chi connectivity index (χ0v) is 21.9. The van der Waals surface area contributed by atoms with E-state index in [0.29, 0.717) is 18.6 Å². The fraction of sp³-hybridized carbons (Fsp3) is 0.519. The van der Waals surface area contributed by atoms with Gasteiger partial charge in [0.15, 0.2) is 9.84 Å². The van der Waals surface area contributed by atoms with E-state index in [1.165, 1.54) is 0 Å². The van der Waals surface area contributed by atoms with Gasteiger partial charge in [-0.05, 0) is 74.9 Å². The third kappa shape index (κ3) is 6.19. The summed E-state index contributed by atoms with van der Waals surface area (Å²) in [5, 5.41) is -1.20. The minimum absolute atomic E-state index is 0.0941. The van der Waals surface area contributed by atoms with Crippen LogP contribution in [0.25, 0.3) is 0 Å². The maximum Gasteiger partial charge on any atom is 0.416 e. The van der Waals surface area contributed by atoms with E-state index in [1.807, 2.05) is 12.1 Å². The van der Waals surface area contributed by atoms with E-state index >= 15 is 0 Å². The Labute approximate surface area is 220 Å². The van der Waals surface area contributed by atoms with E-state index in [1.54, 1.807) is 19.3 Å². The van der Waals surface area contributed by atoms with E-state index in [2.05, 4.69) is 9.88 Å². The van der Waals surface area contributed by atoms with E-state index in [9.17, 15) is 31.2 Å². The molecule has 2 aromatic rings. The van der Waals surface area contributed by atoms with Gasteiger partial charge >= 0.3 is 12.1 Å². The molecule has 1 aromatic heterocycles. The number of Topliss-reactive ketones (excluding diaryl/α,β-unsaturated/α-hetero) is 1. The number of rotatable bonds is 7. The Morgan fingerprint density at radius 1 is 1.08 bits per heavy atom. The summed E-state index contributed by atoms with van der Waals surface area (Å²) in [6.45, 7) is 3.33. The SMILES string of the molecule is CCOC(=O)[C@H]1CC(S(=O)(=O)c2ccc(C(F)(F)F)cc2)CC(=O)C1CC1CCN(c2ccncc2)CC1. The zero-order valence-electron chi connectivity index (χ0n) is 21.1. The highest BCUT2D eigenvalue weighted by Gasteiger charge is 2.46. The van der Waals surface area contributed by atoms with E-state index < -0.39 is 44.6 Å². The number of benzene rings is 1. The van der Waals surface area contributed by atoms with Crippen molar-refractivity contribution in [3.05, 3.63) is 54.4 Å². The number of ether oxygens (including phenoxy) is 1. The molecule has 4 rings (SSSR count). The lowest BCUT2D eigenvalue weighted by molar-refractivity contribution is -0.154. The van der Waals surface area contributed by atoms with Crippen LogP contribution in [0, 0.1) is 17.8 Å². The Morgan fingerprint density at radius 3 is 2.29 bits per heavy atom. The second-order valence-electron chi connectivity index (χ2n) is 9.93. The molecule has 7 nitrogen and oxygen atoms in total. The van der Waals surface area contributed by atoms with Crippen LogP contribution in [-0.4, -0.2) is 50.1 Å². The van der Waals surface area contributed by atoms with Crippen molar-refractivity contribution in [3.8, 4) is 0 Å². The summed E-state index contributed by atoms with van der Waals surface area (Å²) < 4.78 is 70.6. The summed E-state index contributed by atoms with van der Waals surface area (Å²) in [6, 6.07) is 7.12. The second kappa shape index (κ2) is 11.4. The number of aromatic nitrogens is 1. The number of hydrogen-bond acceptors (Lipinski definition) is 7. The number of sulfone groups is 1. The Morgan fingerprint density at radius 2 is 1.71 bits per heavy atom. The molecule has 1 aromatic carbocycles. The molecule has 0 radical (unpaired) electrons. The number of esters is 1. The van der Waals surface area contributed by atoms with Crippen LogP contribution in [0.5, 0.6) is 0 Å². The van der Waals surface area contributed by atoms with Crippen molar-refractivity contribution >= 4 is 27.3 Å². The number of carbonyl (C=O) groups excluding carboxylic acids is 2. The number of carbonyl (C=O) groups is 2. The maximum atomic E-state index is 13.3. The van der Waals surface area contributed by atoms with Crippen molar-refractivity contribution < 1.29 is 35.9 Å². The molecule has 2 aliphatic rings. The van der Waals surface area contributed by atoms with Crippen LogP contribution in [0.1, 0.15) is 44.6 Å². The number of ketones is 1. The van der Waals surface area contributed by atoms with Gasteiger partial charge in [0, 0.05) is 43.5 Å². The number of hydrogen-bond donors (Lipinski definition) is 0. The first-order chi connectivity index (χ1) is 18.0. The molecule has 1 saturated carbocycles. The summed E-state index contributed by atoms with van der Waals surface area (Å²) in [5.74, 6) is -2.28. The van der Waals surface area contributed by atoms with Crippen molar-refractivity contribution in [1.82, 2.24) is 4.98 Å². The highest BCUT2D eigenvalue weighted by Crippen LogP contribution is 2.40. The van der Waals surface area contributed by atoms with Crippen LogP contribution in [0.15, 0.2) is 53.7 Å². The van der Waals surface area contributed by atoms with Gasteiger partial charge in [0.1, 0.15) is 5.78 Å². The van der Waals surface area contributed by atoms with Gasteiger partial charge in [-0.1, -0.05) is 0 Å². The van der Waals surface area contributed by atoms with Crippen LogP contribution in [0.2, 0.25) is 0 Å². The largest absolute Gasteiger partial charge is 0.466 e. The molecular formula is C27H31F3N2O5S. The summed E-state index contributed by atoms with van der Waals surface area (Å²) in [5.41, 5.74) is 0.114. The van der Waals surface area contributed by atoms with Crippen molar-refractivity contribution in [3.63, 3.8) is 0 Å². The van der Waals surface area contributed by atoms with Gasteiger partial charge < -0.3 is 9.64 Å². The van der Waals surface area contributed by atoms with Crippen LogP contribution >= 0.6 is 0 Å². The molecule has 38 heavy (non-hydrogen) atoms. The molecule has 2 heterocycles. The number of anilines is 1. The average molecular weight is 553 g/mol. The highest BCUT2D eigenvalue weighted by molar-refractivity contribution is 7.92. The van der Waals surface area contributed by atoms with Crippen molar-refractivity contribution in [2.24, 2.45) is 17.8 Å². The predicted octanol–water partition coefficient (Wildman–Crippen LogP) is 4.71. The van der Waals surface area contributed by atoms with Gasteiger partial charge in [0.25, 0.3) is 0 Å². The zero-order chi connectivity index (χ0) is 27.5. The molecule has 1 saturated heterocycles. The first-order valence-electron chi connectivity index (χ1n) is 12.8. The van der Waals surface area contributed by atoms with Crippen molar-refractivity contribution in [2.45, 2.75) is 55.3 Å². The number of piperidine rings is 1. The third-order valence-electron chi connectivity index (χ3n) is 7.61. The summed E-state index contributed by atoms with van der Waals surface area (Å²) >= 11 is 0. The van der Waals surface area contributed by atoms with Gasteiger partial charge in [0.05, 0.1) is 28.2 Å². The average Bonchev–Trinajstić information content (AvgIpc) is 2.90. The quantitative estimate of drug-likeness (QED) is 0.460. The monoisotopic (exact) mass is 552 g/mol. The molecule has 2 fully saturated rings. The first-order valence-corrected chi connectivity index (χ1v) is 14.3. The van der Waals surface area contributed by atoms with Gasteiger partial charge in [-0.3, -0.25) is 14.6 Å². The first kappa shape index (κ1) is 28.1. The summed E-state index contributed by atoms with van der Waals surface area (Å²) in [4.78, 5) is 32.2.